The van der Waals surface area contributed by atoms with Gasteiger partial charge in [-0.2, -0.15) is 13.2 Å². The molecule has 3 heterocycles. The lowest BCUT2D eigenvalue weighted by Crippen LogP contribution is -2.43. The van der Waals surface area contributed by atoms with Crippen molar-refractivity contribution in [2.75, 3.05) is 13.1 Å². The first-order valence-corrected chi connectivity index (χ1v) is 9.98. The van der Waals surface area contributed by atoms with Gasteiger partial charge in [-0.15, -0.1) is 5.10 Å². The van der Waals surface area contributed by atoms with Gasteiger partial charge in [0.05, 0.1) is 22.7 Å². The Bertz CT molecular complexity index is 1260. The largest absolute Gasteiger partial charge is 0.416 e. The molecule has 166 valence electrons. The fourth-order valence-electron chi connectivity index (χ4n) is 4.18. The van der Waals surface area contributed by atoms with Crippen molar-refractivity contribution in [1.29, 1.82) is 0 Å². The molecule has 0 bridgehead atoms. The number of aromatic nitrogens is 5. The second-order valence-electron chi connectivity index (χ2n) is 8.04. The highest BCUT2D eigenvalue weighted by Gasteiger charge is 2.32. The molecule has 1 fully saturated rings. The number of alkyl halides is 3. The van der Waals surface area contributed by atoms with Crippen LogP contribution in [0.1, 0.15) is 35.7 Å². The average Bonchev–Trinajstić information content (AvgIpc) is 3.17. The number of fused-ring (bicyclic) bond motifs is 1. The average molecular weight is 436 g/mol. The van der Waals surface area contributed by atoms with E-state index in [-0.39, 0.29) is 22.8 Å². The molecule has 0 aliphatic carbocycles. The van der Waals surface area contributed by atoms with E-state index in [9.17, 15) is 22.8 Å². The van der Waals surface area contributed by atoms with Crippen LogP contribution in [-0.4, -0.2) is 42.1 Å². The maximum absolute atomic E-state index is 13.0. The van der Waals surface area contributed by atoms with Gasteiger partial charge < -0.3 is 4.57 Å². The van der Waals surface area contributed by atoms with Crippen LogP contribution in [0.25, 0.3) is 11.0 Å². The van der Waals surface area contributed by atoms with Crippen LogP contribution in [0.2, 0.25) is 0 Å². The summed E-state index contributed by atoms with van der Waals surface area (Å²) < 4.78 is 43.2. The zero-order chi connectivity index (χ0) is 22.5. The number of hydrogen-bond donors (Lipinski definition) is 0. The van der Waals surface area contributed by atoms with E-state index in [2.05, 4.69) is 15.2 Å². The van der Waals surface area contributed by atoms with E-state index >= 15 is 0 Å². The predicted molar refractivity (Wildman–Crippen MR) is 108 cm³/mol. The van der Waals surface area contributed by atoms with Crippen LogP contribution >= 0.6 is 0 Å². The summed E-state index contributed by atoms with van der Waals surface area (Å²) >= 11 is 0. The summed E-state index contributed by atoms with van der Waals surface area (Å²) in [6.45, 7) is 3.48. The van der Waals surface area contributed by atoms with E-state index in [1.165, 1.54) is 17.7 Å². The van der Waals surface area contributed by atoms with Gasteiger partial charge in [0.25, 0.3) is 5.56 Å². The molecule has 3 aromatic rings. The topological polar surface area (TPSA) is 78.0 Å². The fourth-order valence-corrected chi connectivity index (χ4v) is 4.18. The van der Waals surface area contributed by atoms with Crippen LogP contribution in [0.5, 0.6) is 0 Å². The standard InChI is InChI=1S/C20H23F3N6O2/c1-12-15(18(30)27(3)19(31)26(12)2)11-28-8-4-5-14(10-28)29-17-7-6-13(20(21,22)23)9-16(17)24-25-29/h6-7,9,14H,4-5,8,10-11H2,1-3H3. The Morgan fingerprint density at radius 3 is 2.61 bits per heavy atom. The van der Waals surface area contributed by atoms with Crippen molar-refractivity contribution < 1.29 is 13.2 Å². The van der Waals surface area contributed by atoms with Crippen molar-refractivity contribution in [3.63, 3.8) is 0 Å². The van der Waals surface area contributed by atoms with Crippen molar-refractivity contribution in [3.05, 3.63) is 55.9 Å². The van der Waals surface area contributed by atoms with Gasteiger partial charge in [0.2, 0.25) is 0 Å². The summed E-state index contributed by atoms with van der Waals surface area (Å²) in [6.07, 6.45) is -2.78. The minimum Gasteiger partial charge on any atom is -0.301 e. The van der Waals surface area contributed by atoms with Gasteiger partial charge in [0.1, 0.15) is 5.52 Å². The molecule has 0 spiro atoms. The SMILES string of the molecule is Cc1c(CN2CCCC(n3nnc4cc(C(F)(F)F)ccc43)C2)c(=O)n(C)c(=O)n1C. The second-order valence-corrected chi connectivity index (χ2v) is 8.04. The highest BCUT2D eigenvalue weighted by atomic mass is 19.4. The van der Waals surface area contributed by atoms with Gasteiger partial charge in [-0.1, -0.05) is 5.21 Å². The summed E-state index contributed by atoms with van der Waals surface area (Å²) in [5, 5.41) is 8.06. The van der Waals surface area contributed by atoms with E-state index in [0.717, 1.165) is 36.1 Å². The van der Waals surface area contributed by atoms with Gasteiger partial charge in [-0.05, 0) is 44.5 Å². The number of piperidine rings is 1. The second kappa shape index (κ2) is 7.63. The van der Waals surface area contributed by atoms with E-state index in [4.69, 9.17) is 0 Å². The first-order chi connectivity index (χ1) is 14.6. The number of rotatable bonds is 3. The highest BCUT2D eigenvalue weighted by molar-refractivity contribution is 5.75. The maximum Gasteiger partial charge on any atom is 0.416 e. The van der Waals surface area contributed by atoms with Gasteiger partial charge in [0.15, 0.2) is 0 Å². The molecule has 1 saturated heterocycles. The van der Waals surface area contributed by atoms with Crippen LogP contribution in [-0.2, 0) is 26.8 Å². The minimum atomic E-state index is -4.43. The molecule has 8 nitrogen and oxygen atoms in total. The summed E-state index contributed by atoms with van der Waals surface area (Å²) in [4.78, 5) is 26.8. The van der Waals surface area contributed by atoms with Crippen LogP contribution in [0, 0.1) is 6.92 Å². The molecular formula is C20H23F3N6O2. The zero-order valence-electron chi connectivity index (χ0n) is 17.5. The monoisotopic (exact) mass is 436 g/mol. The zero-order valence-corrected chi connectivity index (χ0v) is 17.5. The summed E-state index contributed by atoms with van der Waals surface area (Å²) in [6, 6.07) is 3.38. The van der Waals surface area contributed by atoms with Crippen LogP contribution in [0.4, 0.5) is 13.2 Å². The van der Waals surface area contributed by atoms with Crippen molar-refractivity contribution in [2.45, 2.75) is 38.5 Å². The lowest BCUT2D eigenvalue weighted by atomic mass is 10.0. The van der Waals surface area contributed by atoms with Crippen LogP contribution in [0.15, 0.2) is 27.8 Å². The quantitative estimate of drug-likeness (QED) is 0.628. The van der Waals surface area contributed by atoms with Crippen molar-refractivity contribution in [1.82, 2.24) is 29.0 Å². The Morgan fingerprint density at radius 1 is 1.16 bits per heavy atom. The smallest absolute Gasteiger partial charge is 0.301 e. The Labute approximate surface area is 175 Å². The predicted octanol–water partition coefficient (Wildman–Crippen LogP) is 1.99. The molecule has 0 amide bonds. The number of hydrogen-bond acceptors (Lipinski definition) is 5. The Balaban J connectivity index is 1.60. The molecule has 0 N–H and O–H groups in total. The molecular weight excluding hydrogens is 413 g/mol. The molecule has 1 atom stereocenters. The van der Waals surface area contributed by atoms with Crippen molar-refractivity contribution in [2.24, 2.45) is 14.1 Å². The molecule has 4 rings (SSSR count). The molecule has 1 aliphatic rings. The third-order valence-electron chi connectivity index (χ3n) is 6.08. The number of nitrogens with zero attached hydrogens (tertiary/aromatic N) is 6. The van der Waals surface area contributed by atoms with Gasteiger partial charge in [0, 0.05) is 32.9 Å². The van der Waals surface area contributed by atoms with E-state index in [0.29, 0.717) is 29.9 Å². The maximum atomic E-state index is 13.0. The first-order valence-electron chi connectivity index (χ1n) is 9.98. The van der Waals surface area contributed by atoms with Crippen LogP contribution < -0.4 is 11.2 Å². The van der Waals surface area contributed by atoms with Crippen LogP contribution in [0.3, 0.4) is 0 Å². The lowest BCUT2D eigenvalue weighted by Gasteiger charge is -2.33. The fraction of sp³-hybridized carbons (Fsp3) is 0.500. The van der Waals surface area contributed by atoms with Crippen molar-refractivity contribution in [3.8, 4) is 0 Å². The van der Waals surface area contributed by atoms with Gasteiger partial charge >= 0.3 is 11.9 Å². The minimum absolute atomic E-state index is 0.0767. The molecule has 0 saturated carbocycles. The summed E-state index contributed by atoms with van der Waals surface area (Å²) in [5.41, 5.74) is 0.510. The van der Waals surface area contributed by atoms with E-state index < -0.39 is 11.7 Å². The Kier molecular flexibility index (Phi) is 5.24. The normalized spacial score (nSPS) is 18.1. The van der Waals surface area contributed by atoms with Gasteiger partial charge in [-0.25, -0.2) is 9.48 Å². The third kappa shape index (κ3) is 3.78. The molecule has 2 aromatic heterocycles. The summed E-state index contributed by atoms with van der Waals surface area (Å²) in [7, 11) is 3.10. The molecule has 1 aliphatic heterocycles. The molecule has 1 unspecified atom stereocenters. The van der Waals surface area contributed by atoms with E-state index in [1.54, 1.807) is 18.7 Å². The third-order valence-corrected chi connectivity index (χ3v) is 6.08. The highest BCUT2D eigenvalue weighted by Crippen LogP contribution is 2.32. The Hall–Kier alpha value is -2.95. The molecule has 0 radical (unpaired) electrons. The number of benzene rings is 1. The first kappa shape index (κ1) is 21.3. The number of likely N-dealkylation sites (tertiary alicyclic amines) is 1. The summed E-state index contributed by atoms with van der Waals surface area (Å²) in [5.74, 6) is 0. The number of halogens is 3. The molecule has 1 aromatic carbocycles. The van der Waals surface area contributed by atoms with E-state index in [1.807, 2.05) is 0 Å². The van der Waals surface area contributed by atoms with Gasteiger partial charge in [-0.3, -0.25) is 14.3 Å². The molecule has 31 heavy (non-hydrogen) atoms. The molecule has 11 heteroatoms. The Morgan fingerprint density at radius 2 is 1.90 bits per heavy atom. The lowest BCUT2D eigenvalue weighted by molar-refractivity contribution is -0.137. The van der Waals surface area contributed by atoms with Crippen molar-refractivity contribution >= 4 is 11.0 Å².